The minimum atomic E-state index is -0.369. The third-order valence-corrected chi connectivity index (χ3v) is 2.89. The fourth-order valence-electron chi connectivity index (χ4n) is 1.92. The molecule has 1 fully saturated rings. The molecular weight excluding hydrogens is 208 g/mol. The summed E-state index contributed by atoms with van der Waals surface area (Å²) in [6.07, 6.45) is 1.93. The van der Waals surface area contributed by atoms with Crippen LogP contribution >= 0.6 is 0 Å². The third kappa shape index (κ3) is 3.98. The lowest BCUT2D eigenvalue weighted by atomic mass is 10.0. The molecule has 1 heterocycles. The first-order chi connectivity index (χ1) is 7.67. The summed E-state index contributed by atoms with van der Waals surface area (Å²) in [5.41, 5.74) is 0. The fraction of sp³-hybridized carbons (Fsp3) is 0.909. The van der Waals surface area contributed by atoms with Gasteiger partial charge in [-0.1, -0.05) is 6.92 Å². The Kier molecular flexibility index (Phi) is 5.55. The summed E-state index contributed by atoms with van der Waals surface area (Å²) in [6.45, 7) is 4.25. The van der Waals surface area contributed by atoms with Crippen molar-refractivity contribution < 1.29 is 14.3 Å². The van der Waals surface area contributed by atoms with E-state index in [9.17, 15) is 4.79 Å². The number of rotatable bonds is 4. The maximum absolute atomic E-state index is 11.8. The fourth-order valence-corrected chi connectivity index (χ4v) is 1.92. The van der Waals surface area contributed by atoms with Crippen LogP contribution < -0.4 is 5.32 Å². The second kappa shape index (κ2) is 6.70. The van der Waals surface area contributed by atoms with Gasteiger partial charge in [0.05, 0.1) is 6.54 Å². The summed E-state index contributed by atoms with van der Waals surface area (Å²) in [5.74, 6) is 0.597. The van der Waals surface area contributed by atoms with Crippen LogP contribution in [0.1, 0.15) is 19.8 Å². The second-order valence-corrected chi connectivity index (χ2v) is 4.28. The van der Waals surface area contributed by atoms with E-state index < -0.39 is 0 Å². The Bertz CT molecular complexity index is 219. The van der Waals surface area contributed by atoms with Gasteiger partial charge in [0.25, 0.3) is 0 Å². The van der Waals surface area contributed by atoms with Crippen LogP contribution in [0.2, 0.25) is 0 Å². The van der Waals surface area contributed by atoms with E-state index in [0.29, 0.717) is 12.5 Å². The lowest BCUT2D eigenvalue weighted by Crippen LogP contribution is -2.47. The van der Waals surface area contributed by atoms with Gasteiger partial charge in [-0.2, -0.15) is 0 Å². The smallest absolute Gasteiger partial charge is 0.317 e. The molecule has 0 radical (unpaired) electrons. The quantitative estimate of drug-likeness (QED) is 0.734. The van der Waals surface area contributed by atoms with Crippen molar-refractivity contribution >= 4 is 6.03 Å². The van der Waals surface area contributed by atoms with Crippen molar-refractivity contribution in [3.05, 3.63) is 0 Å². The zero-order valence-electron chi connectivity index (χ0n) is 10.4. The van der Waals surface area contributed by atoms with Gasteiger partial charge >= 0.3 is 6.03 Å². The summed E-state index contributed by atoms with van der Waals surface area (Å²) in [6, 6.07) is -0.0225. The molecule has 5 nitrogen and oxygen atoms in total. The van der Waals surface area contributed by atoms with Crippen LogP contribution in [-0.4, -0.2) is 51.1 Å². The number of hydrogen-bond donors (Lipinski definition) is 1. The number of carbonyl (C=O) groups excluding carboxylic acids is 1. The SMILES string of the molecule is COC(CNC(=O)N1CCCC(C)C1)OC. The number of hydrogen-bond acceptors (Lipinski definition) is 3. The van der Waals surface area contributed by atoms with Gasteiger partial charge in [-0.15, -0.1) is 0 Å². The van der Waals surface area contributed by atoms with Crippen LogP contribution in [0.4, 0.5) is 4.79 Å². The highest BCUT2D eigenvalue weighted by Gasteiger charge is 2.21. The maximum Gasteiger partial charge on any atom is 0.317 e. The van der Waals surface area contributed by atoms with Crippen LogP contribution in [0, 0.1) is 5.92 Å². The van der Waals surface area contributed by atoms with E-state index in [4.69, 9.17) is 9.47 Å². The number of piperidine rings is 1. The molecule has 0 aliphatic carbocycles. The highest BCUT2D eigenvalue weighted by molar-refractivity contribution is 5.74. The molecule has 0 bridgehead atoms. The third-order valence-electron chi connectivity index (χ3n) is 2.89. The van der Waals surface area contributed by atoms with Gasteiger partial charge < -0.3 is 19.7 Å². The van der Waals surface area contributed by atoms with E-state index in [1.165, 1.54) is 6.42 Å². The molecule has 1 rings (SSSR count). The summed E-state index contributed by atoms with van der Waals surface area (Å²) >= 11 is 0. The largest absolute Gasteiger partial charge is 0.354 e. The Morgan fingerprint density at radius 2 is 2.19 bits per heavy atom. The Morgan fingerprint density at radius 1 is 1.50 bits per heavy atom. The second-order valence-electron chi connectivity index (χ2n) is 4.28. The average Bonchev–Trinajstić information content (AvgIpc) is 2.30. The first-order valence-electron chi connectivity index (χ1n) is 5.75. The first kappa shape index (κ1) is 13.3. The van der Waals surface area contributed by atoms with Crippen LogP contribution in [0.5, 0.6) is 0 Å². The number of methoxy groups -OCH3 is 2. The molecule has 1 N–H and O–H groups in total. The number of ether oxygens (including phenoxy) is 2. The molecule has 16 heavy (non-hydrogen) atoms. The molecule has 0 aromatic heterocycles. The van der Waals surface area contributed by atoms with Gasteiger partial charge in [0.2, 0.25) is 0 Å². The van der Waals surface area contributed by atoms with Crippen molar-refractivity contribution in [3.8, 4) is 0 Å². The number of carbonyl (C=O) groups is 1. The zero-order chi connectivity index (χ0) is 12.0. The number of nitrogens with one attached hydrogen (secondary N) is 1. The molecule has 0 aromatic carbocycles. The molecule has 1 aliphatic heterocycles. The highest BCUT2D eigenvalue weighted by atomic mass is 16.7. The standard InChI is InChI=1S/C11H22N2O3/c1-9-5-4-6-13(8-9)11(14)12-7-10(15-2)16-3/h9-10H,4-8H2,1-3H3,(H,12,14). The molecule has 0 spiro atoms. The Balaban J connectivity index is 2.28. The van der Waals surface area contributed by atoms with Gasteiger partial charge in [0, 0.05) is 27.3 Å². The predicted octanol–water partition coefficient (Wildman–Crippen LogP) is 1.05. The predicted molar refractivity (Wildman–Crippen MR) is 61.2 cm³/mol. The lowest BCUT2D eigenvalue weighted by molar-refractivity contribution is -0.0975. The van der Waals surface area contributed by atoms with E-state index in [0.717, 1.165) is 19.5 Å². The molecule has 2 amide bonds. The van der Waals surface area contributed by atoms with E-state index in [-0.39, 0.29) is 12.3 Å². The van der Waals surface area contributed by atoms with Crippen molar-refractivity contribution in [3.63, 3.8) is 0 Å². The van der Waals surface area contributed by atoms with E-state index >= 15 is 0 Å². The number of amides is 2. The Morgan fingerprint density at radius 3 is 2.75 bits per heavy atom. The minimum Gasteiger partial charge on any atom is -0.354 e. The molecular formula is C11H22N2O3. The normalized spacial score (nSPS) is 21.2. The van der Waals surface area contributed by atoms with E-state index in [1.54, 1.807) is 14.2 Å². The van der Waals surface area contributed by atoms with Crippen LogP contribution in [0.3, 0.4) is 0 Å². The molecule has 94 valence electrons. The molecule has 1 aliphatic rings. The van der Waals surface area contributed by atoms with Gasteiger partial charge in [0.1, 0.15) is 0 Å². The maximum atomic E-state index is 11.8. The summed E-state index contributed by atoms with van der Waals surface area (Å²) in [5, 5.41) is 2.81. The number of nitrogens with zero attached hydrogens (tertiary/aromatic N) is 1. The topological polar surface area (TPSA) is 50.8 Å². The van der Waals surface area contributed by atoms with Crippen LogP contribution in [0.15, 0.2) is 0 Å². The van der Waals surface area contributed by atoms with Gasteiger partial charge in [-0.25, -0.2) is 4.79 Å². The molecule has 1 unspecified atom stereocenters. The minimum absolute atomic E-state index is 0.0225. The molecule has 1 atom stereocenters. The van der Waals surface area contributed by atoms with E-state index in [1.807, 2.05) is 4.90 Å². The molecule has 5 heteroatoms. The monoisotopic (exact) mass is 230 g/mol. The van der Waals surface area contributed by atoms with Crippen molar-refractivity contribution in [1.29, 1.82) is 0 Å². The average molecular weight is 230 g/mol. The zero-order valence-corrected chi connectivity index (χ0v) is 10.4. The summed E-state index contributed by atoms with van der Waals surface area (Å²) < 4.78 is 10.0. The van der Waals surface area contributed by atoms with Gasteiger partial charge in [-0.05, 0) is 18.8 Å². The summed E-state index contributed by atoms with van der Waals surface area (Å²) in [4.78, 5) is 13.6. The number of likely N-dealkylation sites (tertiary alicyclic amines) is 1. The molecule has 1 saturated heterocycles. The molecule has 0 aromatic rings. The first-order valence-corrected chi connectivity index (χ1v) is 5.75. The van der Waals surface area contributed by atoms with Crippen LogP contribution in [0.25, 0.3) is 0 Å². The van der Waals surface area contributed by atoms with Crippen LogP contribution in [-0.2, 0) is 9.47 Å². The molecule has 0 saturated carbocycles. The Hall–Kier alpha value is -0.810. The van der Waals surface area contributed by atoms with Crippen molar-refractivity contribution in [2.24, 2.45) is 5.92 Å². The van der Waals surface area contributed by atoms with E-state index in [2.05, 4.69) is 12.2 Å². The Labute approximate surface area is 97.1 Å². The lowest BCUT2D eigenvalue weighted by Gasteiger charge is -2.31. The van der Waals surface area contributed by atoms with Crippen molar-refractivity contribution in [1.82, 2.24) is 10.2 Å². The van der Waals surface area contributed by atoms with Crippen molar-refractivity contribution in [2.75, 3.05) is 33.9 Å². The highest BCUT2D eigenvalue weighted by Crippen LogP contribution is 2.15. The number of urea groups is 1. The van der Waals surface area contributed by atoms with Crippen molar-refractivity contribution in [2.45, 2.75) is 26.1 Å². The van der Waals surface area contributed by atoms with Gasteiger partial charge in [-0.3, -0.25) is 0 Å². The van der Waals surface area contributed by atoms with Gasteiger partial charge in [0.15, 0.2) is 6.29 Å². The summed E-state index contributed by atoms with van der Waals surface area (Å²) in [7, 11) is 3.12.